The number of nitrogens with one attached hydrogen (secondary N) is 2. The van der Waals surface area contributed by atoms with Crippen molar-refractivity contribution in [2.75, 3.05) is 18.4 Å². The standard InChI is InChI=1S/C17H18FN5O/c1-11-10-20-22-16(11)13-4-6-23(7-5-13)17(24)21-15-3-2-12(9-19)8-14(15)18/h2-3,8,10,13H,4-7H2,1H3,(H,20,22)(H,21,24). The van der Waals surface area contributed by atoms with Gasteiger partial charge in [0.25, 0.3) is 0 Å². The Bertz CT molecular complexity index is 787. The Kier molecular flexibility index (Phi) is 4.47. The third-order valence-electron chi connectivity index (χ3n) is 4.40. The lowest BCUT2D eigenvalue weighted by Crippen LogP contribution is -2.40. The smallest absolute Gasteiger partial charge is 0.321 e. The van der Waals surface area contributed by atoms with E-state index in [2.05, 4.69) is 15.5 Å². The van der Waals surface area contributed by atoms with Crippen LogP contribution in [-0.4, -0.2) is 34.2 Å². The van der Waals surface area contributed by atoms with E-state index in [1.807, 2.05) is 19.2 Å². The zero-order valence-corrected chi connectivity index (χ0v) is 13.3. The molecule has 2 N–H and O–H groups in total. The predicted octanol–water partition coefficient (Wildman–Crippen LogP) is 3.14. The number of hydrogen-bond donors (Lipinski definition) is 2. The molecule has 0 bridgehead atoms. The number of urea groups is 1. The average molecular weight is 327 g/mol. The number of rotatable bonds is 2. The van der Waals surface area contributed by atoms with Crippen LogP contribution in [0.25, 0.3) is 0 Å². The predicted molar refractivity (Wildman–Crippen MR) is 87.0 cm³/mol. The van der Waals surface area contributed by atoms with Crippen LogP contribution in [0.15, 0.2) is 24.4 Å². The van der Waals surface area contributed by atoms with E-state index in [1.165, 1.54) is 12.1 Å². The maximum Gasteiger partial charge on any atom is 0.321 e. The van der Waals surface area contributed by atoms with E-state index in [9.17, 15) is 9.18 Å². The number of nitriles is 1. The van der Waals surface area contributed by atoms with Gasteiger partial charge in [-0.3, -0.25) is 5.10 Å². The van der Waals surface area contributed by atoms with E-state index in [1.54, 1.807) is 4.90 Å². The van der Waals surface area contributed by atoms with Crippen LogP contribution in [0.4, 0.5) is 14.9 Å². The van der Waals surface area contributed by atoms with Gasteiger partial charge in [0.15, 0.2) is 0 Å². The summed E-state index contributed by atoms with van der Waals surface area (Å²) >= 11 is 0. The Balaban J connectivity index is 1.60. The number of aryl methyl sites for hydroxylation is 1. The first kappa shape index (κ1) is 16.0. The highest BCUT2D eigenvalue weighted by Gasteiger charge is 2.26. The molecule has 1 aromatic heterocycles. The van der Waals surface area contributed by atoms with Crippen molar-refractivity contribution in [2.24, 2.45) is 0 Å². The van der Waals surface area contributed by atoms with Crippen LogP contribution < -0.4 is 5.32 Å². The molecular formula is C17H18FN5O. The van der Waals surface area contributed by atoms with E-state index in [4.69, 9.17) is 5.26 Å². The molecule has 1 fully saturated rings. The van der Waals surface area contributed by atoms with Gasteiger partial charge in [0, 0.05) is 24.7 Å². The average Bonchev–Trinajstić information content (AvgIpc) is 3.02. The first-order chi connectivity index (χ1) is 11.6. The third kappa shape index (κ3) is 3.23. The molecule has 1 aromatic carbocycles. The Morgan fingerprint density at radius 1 is 1.46 bits per heavy atom. The Labute approximate surface area is 139 Å². The molecule has 0 unspecified atom stereocenters. The fourth-order valence-corrected chi connectivity index (χ4v) is 3.02. The van der Waals surface area contributed by atoms with E-state index < -0.39 is 5.82 Å². The highest BCUT2D eigenvalue weighted by molar-refractivity contribution is 5.89. The monoisotopic (exact) mass is 327 g/mol. The molecule has 3 rings (SSSR count). The first-order valence-corrected chi connectivity index (χ1v) is 7.84. The van der Waals surface area contributed by atoms with Gasteiger partial charge in [-0.25, -0.2) is 9.18 Å². The topological polar surface area (TPSA) is 84.8 Å². The largest absolute Gasteiger partial charge is 0.324 e. The van der Waals surface area contributed by atoms with Crippen molar-refractivity contribution >= 4 is 11.7 Å². The maximum atomic E-state index is 13.9. The number of H-pyrrole nitrogens is 1. The molecule has 1 aliphatic heterocycles. The number of aromatic amines is 1. The van der Waals surface area contributed by atoms with E-state index in [-0.39, 0.29) is 17.3 Å². The van der Waals surface area contributed by atoms with Crippen molar-refractivity contribution in [1.82, 2.24) is 15.1 Å². The van der Waals surface area contributed by atoms with Crippen LogP contribution in [0.5, 0.6) is 0 Å². The number of amides is 2. The number of carbonyl (C=O) groups excluding carboxylic acids is 1. The molecule has 2 heterocycles. The minimum Gasteiger partial charge on any atom is -0.324 e. The van der Waals surface area contributed by atoms with Crippen LogP contribution >= 0.6 is 0 Å². The SMILES string of the molecule is Cc1cn[nH]c1C1CCN(C(=O)Nc2ccc(C#N)cc2F)CC1. The van der Waals surface area contributed by atoms with Gasteiger partial charge in [0.05, 0.1) is 23.5 Å². The van der Waals surface area contributed by atoms with Gasteiger partial charge in [-0.15, -0.1) is 0 Å². The van der Waals surface area contributed by atoms with Crippen molar-refractivity contribution in [3.8, 4) is 6.07 Å². The quantitative estimate of drug-likeness (QED) is 0.888. The fourth-order valence-electron chi connectivity index (χ4n) is 3.02. The van der Waals surface area contributed by atoms with Crippen molar-refractivity contribution in [2.45, 2.75) is 25.7 Å². The summed E-state index contributed by atoms with van der Waals surface area (Å²) in [5.41, 5.74) is 2.58. The van der Waals surface area contributed by atoms with Gasteiger partial charge < -0.3 is 10.2 Å². The summed E-state index contributed by atoms with van der Waals surface area (Å²) < 4.78 is 13.9. The number of likely N-dealkylation sites (tertiary alicyclic amines) is 1. The summed E-state index contributed by atoms with van der Waals surface area (Å²) in [7, 11) is 0. The highest BCUT2D eigenvalue weighted by atomic mass is 19.1. The first-order valence-electron chi connectivity index (χ1n) is 7.84. The number of piperidine rings is 1. The number of carbonyl (C=O) groups is 1. The summed E-state index contributed by atoms with van der Waals surface area (Å²) in [6.07, 6.45) is 3.49. The molecule has 1 aliphatic rings. The molecule has 2 aromatic rings. The molecule has 1 saturated heterocycles. The van der Waals surface area contributed by atoms with E-state index in [0.29, 0.717) is 19.0 Å². The van der Waals surface area contributed by atoms with Crippen molar-refractivity contribution in [3.63, 3.8) is 0 Å². The van der Waals surface area contributed by atoms with Crippen LogP contribution in [-0.2, 0) is 0 Å². The van der Waals surface area contributed by atoms with Gasteiger partial charge >= 0.3 is 6.03 Å². The summed E-state index contributed by atoms with van der Waals surface area (Å²) in [5, 5.41) is 18.4. The summed E-state index contributed by atoms with van der Waals surface area (Å²) in [4.78, 5) is 14.0. The zero-order valence-electron chi connectivity index (χ0n) is 13.3. The minimum atomic E-state index is -0.606. The fraction of sp³-hybridized carbons (Fsp3) is 0.353. The van der Waals surface area contributed by atoms with Crippen molar-refractivity contribution in [1.29, 1.82) is 5.26 Å². The number of aromatic nitrogens is 2. The molecule has 0 atom stereocenters. The lowest BCUT2D eigenvalue weighted by Gasteiger charge is -2.31. The summed E-state index contributed by atoms with van der Waals surface area (Å²) in [6.45, 7) is 3.23. The number of anilines is 1. The van der Waals surface area contributed by atoms with Crippen LogP contribution in [0.3, 0.4) is 0 Å². The summed E-state index contributed by atoms with van der Waals surface area (Å²) in [6, 6.07) is 5.54. The van der Waals surface area contributed by atoms with Crippen LogP contribution in [0, 0.1) is 24.1 Å². The molecule has 2 amide bonds. The molecule has 7 heteroatoms. The molecular weight excluding hydrogens is 309 g/mol. The molecule has 0 radical (unpaired) electrons. The molecule has 24 heavy (non-hydrogen) atoms. The second-order valence-electron chi connectivity index (χ2n) is 5.96. The maximum absolute atomic E-state index is 13.9. The van der Waals surface area contributed by atoms with Gasteiger partial charge in [-0.05, 0) is 43.5 Å². The molecule has 0 spiro atoms. The Morgan fingerprint density at radius 2 is 2.21 bits per heavy atom. The zero-order chi connectivity index (χ0) is 17.1. The molecule has 6 nitrogen and oxygen atoms in total. The molecule has 0 aliphatic carbocycles. The second-order valence-corrected chi connectivity index (χ2v) is 5.96. The lowest BCUT2D eigenvalue weighted by atomic mass is 9.92. The normalized spacial score (nSPS) is 15.1. The van der Waals surface area contributed by atoms with Crippen LogP contribution in [0.1, 0.15) is 35.6 Å². The van der Waals surface area contributed by atoms with Gasteiger partial charge in [-0.2, -0.15) is 10.4 Å². The third-order valence-corrected chi connectivity index (χ3v) is 4.40. The van der Waals surface area contributed by atoms with E-state index in [0.717, 1.165) is 30.2 Å². The molecule has 0 saturated carbocycles. The minimum absolute atomic E-state index is 0.0885. The lowest BCUT2D eigenvalue weighted by molar-refractivity contribution is 0.194. The second kappa shape index (κ2) is 6.71. The Morgan fingerprint density at radius 3 is 2.79 bits per heavy atom. The number of benzene rings is 1. The summed E-state index contributed by atoms with van der Waals surface area (Å²) in [5.74, 6) is -0.242. The van der Waals surface area contributed by atoms with Crippen molar-refractivity contribution in [3.05, 3.63) is 47.0 Å². The van der Waals surface area contributed by atoms with E-state index >= 15 is 0 Å². The van der Waals surface area contributed by atoms with Crippen LogP contribution in [0.2, 0.25) is 0 Å². The molecule has 124 valence electrons. The van der Waals surface area contributed by atoms with Crippen molar-refractivity contribution < 1.29 is 9.18 Å². The highest BCUT2D eigenvalue weighted by Crippen LogP contribution is 2.28. The van der Waals surface area contributed by atoms with Gasteiger partial charge in [-0.1, -0.05) is 0 Å². The van der Waals surface area contributed by atoms with Gasteiger partial charge in [0.2, 0.25) is 0 Å². The number of nitrogens with zero attached hydrogens (tertiary/aromatic N) is 3. The Hall–Kier alpha value is -2.88. The number of halogens is 1. The number of hydrogen-bond acceptors (Lipinski definition) is 3. The van der Waals surface area contributed by atoms with Gasteiger partial charge in [0.1, 0.15) is 5.82 Å².